The summed E-state index contributed by atoms with van der Waals surface area (Å²) in [5.41, 5.74) is -0.0122. The van der Waals surface area contributed by atoms with Gasteiger partial charge < -0.3 is 10.4 Å². The van der Waals surface area contributed by atoms with Gasteiger partial charge in [-0.3, -0.25) is 9.59 Å². The van der Waals surface area contributed by atoms with Gasteiger partial charge in [-0.05, 0) is 23.2 Å². The highest BCUT2D eigenvalue weighted by Crippen LogP contribution is 2.68. The molecule has 1 aliphatic carbocycles. The summed E-state index contributed by atoms with van der Waals surface area (Å²) >= 11 is 0. The first kappa shape index (κ1) is 16.0. The fourth-order valence-corrected chi connectivity index (χ4v) is 3.02. The van der Waals surface area contributed by atoms with Gasteiger partial charge in [0.2, 0.25) is 5.91 Å². The van der Waals surface area contributed by atoms with Crippen molar-refractivity contribution in [2.45, 2.75) is 48.0 Å². The number of carboxylic acids is 1. The lowest BCUT2D eigenvalue weighted by atomic mass is 9.97. The molecule has 1 atom stereocenters. The number of rotatable bonds is 6. The maximum Gasteiger partial charge on any atom is 0.308 e. The van der Waals surface area contributed by atoms with E-state index in [4.69, 9.17) is 5.11 Å². The van der Waals surface area contributed by atoms with E-state index in [1.807, 2.05) is 13.8 Å². The normalized spacial score (nSPS) is 22.1. The van der Waals surface area contributed by atoms with Gasteiger partial charge in [0.25, 0.3) is 0 Å². The van der Waals surface area contributed by atoms with Crippen LogP contribution in [0, 0.1) is 28.6 Å². The molecule has 0 aliphatic heterocycles. The zero-order chi connectivity index (χ0) is 15.0. The van der Waals surface area contributed by atoms with E-state index < -0.39 is 11.9 Å². The van der Waals surface area contributed by atoms with Crippen LogP contribution in [-0.4, -0.2) is 23.5 Å². The van der Waals surface area contributed by atoms with Crippen molar-refractivity contribution in [2.24, 2.45) is 28.6 Å². The van der Waals surface area contributed by atoms with Gasteiger partial charge in [0.05, 0.1) is 5.92 Å². The molecule has 0 radical (unpaired) electrons. The van der Waals surface area contributed by atoms with Crippen LogP contribution in [0.3, 0.4) is 0 Å². The van der Waals surface area contributed by atoms with Crippen LogP contribution in [0.5, 0.6) is 0 Å². The Labute approximate surface area is 116 Å². The molecule has 110 valence electrons. The second-order valence-corrected chi connectivity index (χ2v) is 7.29. The van der Waals surface area contributed by atoms with Crippen molar-refractivity contribution in [3.63, 3.8) is 0 Å². The Bertz CT molecular complexity index is 358. The maximum atomic E-state index is 12.1. The van der Waals surface area contributed by atoms with Crippen molar-refractivity contribution in [1.29, 1.82) is 0 Å². The van der Waals surface area contributed by atoms with Gasteiger partial charge in [0.15, 0.2) is 0 Å². The van der Waals surface area contributed by atoms with E-state index in [0.717, 1.165) is 0 Å². The predicted molar refractivity (Wildman–Crippen MR) is 74.6 cm³/mol. The molecule has 0 aromatic heterocycles. The summed E-state index contributed by atoms with van der Waals surface area (Å²) in [6.07, 6.45) is 0.590. The molecule has 19 heavy (non-hydrogen) atoms. The molecule has 0 bridgehead atoms. The molecular formula is C15H27NO3. The summed E-state index contributed by atoms with van der Waals surface area (Å²) in [4.78, 5) is 23.3. The maximum absolute atomic E-state index is 12.1. The average Bonchev–Trinajstić information content (AvgIpc) is 2.63. The quantitative estimate of drug-likeness (QED) is 0.778. The topological polar surface area (TPSA) is 66.4 Å². The Morgan fingerprint density at radius 3 is 1.95 bits per heavy atom. The van der Waals surface area contributed by atoms with Crippen LogP contribution in [0.4, 0.5) is 0 Å². The molecule has 0 heterocycles. The minimum atomic E-state index is -0.830. The summed E-state index contributed by atoms with van der Waals surface area (Å²) < 4.78 is 0. The molecule has 1 fully saturated rings. The number of hydrogen-bond donors (Lipinski definition) is 2. The summed E-state index contributed by atoms with van der Waals surface area (Å²) in [7, 11) is 0. The zero-order valence-electron chi connectivity index (χ0n) is 12.9. The first-order valence-corrected chi connectivity index (χ1v) is 7.02. The Hall–Kier alpha value is -1.06. The highest BCUT2D eigenvalue weighted by Gasteiger charge is 2.68. The van der Waals surface area contributed by atoms with Gasteiger partial charge in [-0.15, -0.1) is 0 Å². The Kier molecular flexibility index (Phi) is 4.33. The predicted octanol–water partition coefficient (Wildman–Crippen LogP) is 2.53. The van der Waals surface area contributed by atoms with E-state index in [2.05, 4.69) is 33.0 Å². The summed E-state index contributed by atoms with van der Waals surface area (Å²) in [6, 6.07) is 0. The van der Waals surface area contributed by atoms with Crippen LogP contribution in [0.15, 0.2) is 0 Å². The fraction of sp³-hybridized carbons (Fsp3) is 0.867. The van der Waals surface area contributed by atoms with E-state index >= 15 is 0 Å². The molecule has 0 aromatic carbocycles. The van der Waals surface area contributed by atoms with Crippen LogP contribution in [-0.2, 0) is 9.59 Å². The molecule has 0 aromatic rings. The molecule has 4 heteroatoms. The van der Waals surface area contributed by atoms with Gasteiger partial charge >= 0.3 is 5.97 Å². The largest absolute Gasteiger partial charge is 0.481 e. The first-order valence-electron chi connectivity index (χ1n) is 7.02. The summed E-state index contributed by atoms with van der Waals surface area (Å²) in [6.45, 7) is 12.5. The second kappa shape index (κ2) is 5.14. The van der Waals surface area contributed by atoms with Crippen LogP contribution >= 0.6 is 0 Å². The molecule has 1 saturated carbocycles. The van der Waals surface area contributed by atoms with Crippen LogP contribution in [0.25, 0.3) is 0 Å². The van der Waals surface area contributed by atoms with Crippen molar-refractivity contribution >= 4 is 11.9 Å². The Morgan fingerprint density at radius 2 is 1.63 bits per heavy atom. The lowest BCUT2D eigenvalue weighted by Crippen LogP contribution is -2.35. The highest BCUT2D eigenvalue weighted by molar-refractivity contribution is 5.84. The number of carboxylic acid groups (broad SMARTS) is 1. The number of carbonyl (C=O) groups is 2. The number of aliphatic carboxylic acids is 1. The number of amides is 1. The van der Waals surface area contributed by atoms with E-state index in [1.54, 1.807) is 0 Å². The van der Waals surface area contributed by atoms with Crippen LogP contribution < -0.4 is 5.32 Å². The van der Waals surface area contributed by atoms with Crippen LogP contribution in [0.2, 0.25) is 0 Å². The fourth-order valence-electron chi connectivity index (χ4n) is 3.02. The molecule has 0 saturated heterocycles. The smallest absolute Gasteiger partial charge is 0.308 e. The van der Waals surface area contributed by atoms with E-state index in [9.17, 15) is 9.59 Å². The minimum absolute atomic E-state index is 0.00610. The number of hydrogen-bond acceptors (Lipinski definition) is 2. The second-order valence-electron chi connectivity index (χ2n) is 7.29. The van der Waals surface area contributed by atoms with Gasteiger partial charge in [-0.25, -0.2) is 0 Å². The van der Waals surface area contributed by atoms with Crippen LogP contribution in [0.1, 0.15) is 48.0 Å². The number of carbonyl (C=O) groups excluding carboxylic acids is 1. The number of nitrogens with one attached hydrogen (secondary N) is 1. The molecule has 1 rings (SSSR count). The zero-order valence-corrected chi connectivity index (χ0v) is 12.9. The molecular weight excluding hydrogens is 242 g/mol. The molecule has 2 N–H and O–H groups in total. The minimum Gasteiger partial charge on any atom is -0.481 e. The standard InChI is InChI=1S/C15H27NO3/c1-9(2)7-10(13(18)19)8-16-12(17)11-14(3,4)15(11,5)6/h9-11H,7-8H2,1-6H3,(H,16,17)(H,18,19). The third kappa shape index (κ3) is 3.10. The van der Waals surface area contributed by atoms with Gasteiger partial charge in [-0.1, -0.05) is 41.5 Å². The van der Waals surface area contributed by atoms with Gasteiger partial charge in [-0.2, -0.15) is 0 Å². The monoisotopic (exact) mass is 269 g/mol. The molecule has 4 nitrogen and oxygen atoms in total. The molecule has 0 spiro atoms. The van der Waals surface area contributed by atoms with Gasteiger partial charge in [0, 0.05) is 12.5 Å². The average molecular weight is 269 g/mol. The van der Waals surface area contributed by atoms with Crippen molar-refractivity contribution in [3.05, 3.63) is 0 Å². The van der Waals surface area contributed by atoms with Gasteiger partial charge in [0.1, 0.15) is 0 Å². The van der Waals surface area contributed by atoms with E-state index in [0.29, 0.717) is 12.3 Å². The third-order valence-corrected chi connectivity index (χ3v) is 4.91. The molecule has 1 amide bonds. The summed E-state index contributed by atoms with van der Waals surface area (Å²) in [5, 5.41) is 12.0. The van der Waals surface area contributed by atoms with E-state index in [-0.39, 0.29) is 29.2 Å². The van der Waals surface area contributed by atoms with Crippen molar-refractivity contribution < 1.29 is 14.7 Å². The first-order chi connectivity index (χ1) is 8.51. The van der Waals surface area contributed by atoms with Crippen molar-refractivity contribution in [3.8, 4) is 0 Å². The molecule has 1 aliphatic rings. The summed E-state index contributed by atoms with van der Waals surface area (Å²) in [5.74, 6) is -1.04. The van der Waals surface area contributed by atoms with E-state index in [1.165, 1.54) is 0 Å². The highest BCUT2D eigenvalue weighted by atomic mass is 16.4. The Balaban J connectivity index is 2.53. The SMILES string of the molecule is CC(C)CC(CNC(=O)C1C(C)(C)C1(C)C)C(=O)O. The Morgan fingerprint density at radius 1 is 1.16 bits per heavy atom. The molecule has 1 unspecified atom stereocenters. The third-order valence-electron chi connectivity index (χ3n) is 4.91. The van der Waals surface area contributed by atoms with Crippen molar-refractivity contribution in [1.82, 2.24) is 5.32 Å². The lowest BCUT2D eigenvalue weighted by Gasteiger charge is -2.15. The lowest BCUT2D eigenvalue weighted by molar-refractivity contribution is -0.142. The van der Waals surface area contributed by atoms with Crippen molar-refractivity contribution in [2.75, 3.05) is 6.54 Å².